The molecule has 122 valence electrons. The topological polar surface area (TPSA) is 55.4 Å². The van der Waals surface area contributed by atoms with Crippen LogP contribution in [0.4, 0.5) is 4.79 Å². The van der Waals surface area contributed by atoms with Crippen molar-refractivity contribution in [1.82, 2.24) is 5.32 Å². The lowest BCUT2D eigenvalue weighted by Gasteiger charge is -2.23. The number of alkyl carbamates (subject to hydrolysis) is 1. The summed E-state index contributed by atoms with van der Waals surface area (Å²) >= 11 is 0. The van der Waals surface area contributed by atoms with Gasteiger partial charge in [-0.25, -0.2) is 4.79 Å². The van der Waals surface area contributed by atoms with E-state index in [1.54, 1.807) is 0 Å². The molecule has 21 heavy (non-hydrogen) atoms. The van der Waals surface area contributed by atoms with Crippen LogP contribution in [-0.2, 0) is 9.53 Å². The number of rotatable bonds is 10. The van der Waals surface area contributed by atoms with E-state index in [-0.39, 0.29) is 11.8 Å². The van der Waals surface area contributed by atoms with Gasteiger partial charge in [-0.1, -0.05) is 19.4 Å². The van der Waals surface area contributed by atoms with Crippen molar-refractivity contribution >= 4 is 11.9 Å². The summed E-state index contributed by atoms with van der Waals surface area (Å²) in [6.45, 7) is 11.3. The SMILES string of the molecule is C=CCC[C@H](CCC(=O)CCCC)NC(=O)OC(C)(C)C. The van der Waals surface area contributed by atoms with Gasteiger partial charge in [-0.2, -0.15) is 0 Å². The van der Waals surface area contributed by atoms with E-state index < -0.39 is 11.7 Å². The molecule has 0 bridgehead atoms. The maximum absolute atomic E-state index is 11.8. The molecule has 0 saturated heterocycles. The molecule has 4 nitrogen and oxygen atoms in total. The Bertz CT molecular complexity index is 331. The standard InChI is InChI=1S/C17H31NO3/c1-6-8-10-14(12-13-15(19)11-9-7-2)18-16(20)21-17(3,4)5/h6,14H,1,7-13H2,2-5H3,(H,18,20)/t14-/m1/s1. The van der Waals surface area contributed by atoms with E-state index in [1.807, 2.05) is 26.8 Å². The van der Waals surface area contributed by atoms with Gasteiger partial charge < -0.3 is 10.1 Å². The van der Waals surface area contributed by atoms with Crippen LogP contribution in [0.15, 0.2) is 12.7 Å². The number of hydrogen-bond donors (Lipinski definition) is 1. The molecule has 1 amide bonds. The Kier molecular flexibility index (Phi) is 9.76. The molecule has 0 aliphatic rings. The van der Waals surface area contributed by atoms with Gasteiger partial charge in [-0.3, -0.25) is 4.79 Å². The summed E-state index contributed by atoms with van der Waals surface area (Å²) in [5, 5.41) is 2.86. The maximum Gasteiger partial charge on any atom is 0.407 e. The van der Waals surface area contributed by atoms with Crippen molar-refractivity contribution in [3.05, 3.63) is 12.7 Å². The quantitative estimate of drug-likeness (QED) is 0.609. The zero-order valence-electron chi connectivity index (χ0n) is 14.0. The third-order valence-electron chi connectivity index (χ3n) is 3.02. The van der Waals surface area contributed by atoms with Crippen LogP contribution in [-0.4, -0.2) is 23.5 Å². The molecule has 0 aliphatic heterocycles. The van der Waals surface area contributed by atoms with Gasteiger partial charge in [-0.15, -0.1) is 6.58 Å². The third kappa shape index (κ3) is 12.2. The van der Waals surface area contributed by atoms with Crippen LogP contribution in [0.5, 0.6) is 0 Å². The molecule has 1 N–H and O–H groups in total. The van der Waals surface area contributed by atoms with Crippen molar-refractivity contribution in [2.24, 2.45) is 0 Å². The van der Waals surface area contributed by atoms with Gasteiger partial charge >= 0.3 is 6.09 Å². The van der Waals surface area contributed by atoms with E-state index in [0.29, 0.717) is 19.3 Å². The third-order valence-corrected chi connectivity index (χ3v) is 3.02. The van der Waals surface area contributed by atoms with Gasteiger partial charge in [0.05, 0.1) is 0 Å². The smallest absolute Gasteiger partial charge is 0.407 e. The summed E-state index contributed by atoms with van der Waals surface area (Å²) < 4.78 is 5.26. The van der Waals surface area contributed by atoms with E-state index >= 15 is 0 Å². The zero-order chi connectivity index (χ0) is 16.3. The van der Waals surface area contributed by atoms with Gasteiger partial charge in [0.1, 0.15) is 11.4 Å². The fraction of sp³-hybridized carbons (Fsp3) is 0.765. The minimum atomic E-state index is -0.510. The maximum atomic E-state index is 11.8. The normalized spacial score (nSPS) is 12.6. The molecular formula is C17H31NO3. The first-order valence-electron chi connectivity index (χ1n) is 7.90. The van der Waals surface area contributed by atoms with Crippen molar-refractivity contribution in [1.29, 1.82) is 0 Å². The number of nitrogens with one attached hydrogen (secondary N) is 1. The van der Waals surface area contributed by atoms with Crippen LogP contribution < -0.4 is 5.32 Å². The zero-order valence-corrected chi connectivity index (χ0v) is 14.0. The second-order valence-corrected chi connectivity index (χ2v) is 6.39. The van der Waals surface area contributed by atoms with Crippen LogP contribution >= 0.6 is 0 Å². The van der Waals surface area contributed by atoms with E-state index in [2.05, 4.69) is 18.8 Å². The van der Waals surface area contributed by atoms with Crippen molar-refractivity contribution in [2.45, 2.75) is 84.3 Å². The highest BCUT2D eigenvalue weighted by molar-refractivity contribution is 5.78. The summed E-state index contributed by atoms with van der Waals surface area (Å²) in [7, 11) is 0. The molecule has 0 aromatic carbocycles. The number of allylic oxidation sites excluding steroid dienone is 1. The summed E-state index contributed by atoms with van der Waals surface area (Å²) in [6.07, 6.45) is 6.77. The number of unbranched alkanes of at least 4 members (excludes halogenated alkanes) is 1. The second kappa shape index (κ2) is 10.4. The van der Waals surface area contributed by atoms with Crippen molar-refractivity contribution in [2.75, 3.05) is 0 Å². The number of ketones is 1. The summed E-state index contributed by atoms with van der Waals surface area (Å²) in [5.74, 6) is 0.270. The molecule has 4 heteroatoms. The first-order chi connectivity index (χ1) is 9.78. The predicted octanol–water partition coefficient (Wildman–Crippen LogP) is 4.39. The van der Waals surface area contributed by atoms with Gasteiger partial charge in [-0.05, 0) is 46.5 Å². The highest BCUT2D eigenvalue weighted by Crippen LogP contribution is 2.11. The van der Waals surface area contributed by atoms with Crippen LogP contribution in [0.1, 0.15) is 72.6 Å². The van der Waals surface area contributed by atoms with Gasteiger partial charge in [0, 0.05) is 18.9 Å². The Hall–Kier alpha value is -1.32. The molecule has 0 aliphatic carbocycles. The minimum Gasteiger partial charge on any atom is -0.444 e. The molecule has 0 aromatic rings. The summed E-state index contributed by atoms with van der Waals surface area (Å²) in [5.41, 5.74) is -0.510. The number of carbonyl (C=O) groups excluding carboxylic acids is 2. The number of hydrogen-bond acceptors (Lipinski definition) is 3. The van der Waals surface area contributed by atoms with Crippen LogP contribution in [0.3, 0.4) is 0 Å². The Morgan fingerprint density at radius 3 is 2.43 bits per heavy atom. The molecule has 0 saturated carbocycles. The molecule has 0 fully saturated rings. The molecule has 0 aromatic heterocycles. The minimum absolute atomic E-state index is 0.0385. The van der Waals surface area contributed by atoms with E-state index in [9.17, 15) is 9.59 Å². The Morgan fingerprint density at radius 1 is 1.24 bits per heavy atom. The first-order valence-corrected chi connectivity index (χ1v) is 7.90. The van der Waals surface area contributed by atoms with E-state index in [0.717, 1.165) is 25.7 Å². The molecule has 0 radical (unpaired) electrons. The highest BCUT2D eigenvalue weighted by Gasteiger charge is 2.19. The lowest BCUT2D eigenvalue weighted by molar-refractivity contribution is -0.119. The summed E-state index contributed by atoms with van der Waals surface area (Å²) in [4.78, 5) is 23.5. The molecule has 0 rings (SSSR count). The summed E-state index contributed by atoms with van der Waals surface area (Å²) in [6, 6.07) is -0.0385. The number of ether oxygens (including phenoxy) is 1. The number of carbonyl (C=O) groups is 2. The largest absolute Gasteiger partial charge is 0.444 e. The molecule has 0 spiro atoms. The first kappa shape index (κ1) is 19.7. The van der Waals surface area contributed by atoms with Crippen LogP contribution in [0.25, 0.3) is 0 Å². The van der Waals surface area contributed by atoms with Gasteiger partial charge in [0.2, 0.25) is 0 Å². The van der Waals surface area contributed by atoms with Gasteiger partial charge in [0.25, 0.3) is 0 Å². The van der Waals surface area contributed by atoms with Crippen LogP contribution in [0.2, 0.25) is 0 Å². The average Bonchev–Trinajstić information content (AvgIpc) is 2.37. The lowest BCUT2D eigenvalue weighted by atomic mass is 10.0. The fourth-order valence-electron chi connectivity index (χ4n) is 1.92. The second-order valence-electron chi connectivity index (χ2n) is 6.39. The monoisotopic (exact) mass is 297 g/mol. The molecule has 1 atom stereocenters. The van der Waals surface area contributed by atoms with Crippen molar-refractivity contribution in [3.63, 3.8) is 0 Å². The van der Waals surface area contributed by atoms with Gasteiger partial charge in [0.15, 0.2) is 0 Å². The molecule has 0 heterocycles. The highest BCUT2D eigenvalue weighted by atomic mass is 16.6. The molecule has 0 unspecified atom stereocenters. The Balaban J connectivity index is 4.28. The Morgan fingerprint density at radius 2 is 1.90 bits per heavy atom. The van der Waals surface area contributed by atoms with Crippen LogP contribution in [0, 0.1) is 0 Å². The molecular weight excluding hydrogens is 266 g/mol. The predicted molar refractivity (Wildman–Crippen MR) is 86.4 cm³/mol. The van der Waals surface area contributed by atoms with E-state index in [1.165, 1.54) is 0 Å². The van der Waals surface area contributed by atoms with E-state index in [4.69, 9.17) is 4.74 Å². The average molecular weight is 297 g/mol. The lowest BCUT2D eigenvalue weighted by Crippen LogP contribution is -2.39. The fourth-order valence-corrected chi connectivity index (χ4v) is 1.92. The number of amides is 1. The Labute approximate surface area is 129 Å². The van der Waals surface area contributed by atoms with Crippen molar-refractivity contribution in [3.8, 4) is 0 Å². The number of Topliss-reactive ketones (excluding diaryl/α,β-unsaturated/α-hetero) is 1. The van der Waals surface area contributed by atoms with Crippen molar-refractivity contribution < 1.29 is 14.3 Å².